The summed E-state index contributed by atoms with van der Waals surface area (Å²) in [6.07, 6.45) is 4.35. The molecule has 0 aromatic carbocycles. The number of aromatic nitrogens is 2. The Kier molecular flexibility index (Phi) is 9.41. The minimum absolute atomic E-state index is 0.725. The van der Waals surface area contributed by atoms with Gasteiger partial charge in [0.1, 0.15) is 0 Å². The van der Waals surface area contributed by atoms with Crippen LogP contribution in [0.15, 0.2) is 0 Å². The second kappa shape index (κ2) is 10.7. The van der Waals surface area contributed by atoms with Crippen molar-refractivity contribution in [3.63, 3.8) is 0 Å². The summed E-state index contributed by atoms with van der Waals surface area (Å²) in [4.78, 5) is 26.7. The topological polar surface area (TPSA) is 44.2 Å². The molecule has 8 heteroatoms. The molecule has 0 unspecified atom stereocenters. The molecule has 0 aliphatic rings. The van der Waals surface area contributed by atoms with E-state index in [2.05, 4.69) is 43.5 Å². The molecule has 0 radical (unpaired) electrons. The van der Waals surface area contributed by atoms with E-state index in [4.69, 9.17) is 19.4 Å². The van der Waals surface area contributed by atoms with E-state index in [9.17, 15) is 0 Å². The molecule has 0 bridgehead atoms. The SMILES string of the molecule is CCCCOc1n[c]([Sn]([CH3])([CH3])[CH3])sc1-c1s[c]([Sn]([CH3])([CH3])[CH3])nc1OCCCC. The zero-order chi connectivity index (χ0) is 20.9. The Bertz CT molecular complexity index is 697. The Labute approximate surface area is 187 Å². The average molecular weight is 638 g/mol. The number of nitrogens with zero attached hydrogens (tertiary/aromatic N) is 2. The number of unbranched alkanes of at least 4 members (excludes halogenated alkanes) is 2. The molecule has 2 aromatic heterocycles. The van der Waals surface area contributed by atoms with Gasteiger partial charge in [0, 0.05) is 0 Å². The Balaban J connectivity index is 2.50. The van der Waals surface area contributed by atoms with Crippen LogP contribution in [0, 0.1) is 0 Å². The summed E-state index contributed by atoms with van der Waals surface area (Å²) in [6.45, 7) is 5.83. The number of rotatable bonds is 11. The Morgan fingerprint density at radius 2 is 1.04 bits per heavy atom. The molecule has 0 atom stereocenters. The molecule has 28 heavy (non-hydrogen) atoms. The Morgan fingerprint density at radius 3 is 1.32 bits per heavy atom. The van der Waals surface area contributed by atoms with E-state index in [-0.39, 0.29) is 0 Å². The predicted octanol–water partition coefficient (Wildman–Crippen LogP) is 5.71. The van der Waals surface area contributed by atoms with Crippen LogP contribution in [0.1, 0.15) is 39.5 Å². The normalized spacial score (nSPS) is 12.4. The van der Waals surface area contributed by atoms with Crippen molar-refractivity contribution in [3.8, 4) is 21.5 Å². The Hall–Kier alpha value is 0.457. The molecule has 0 spiro atoms. The molecule has 0 saturated carbocycles. The first kappa shape index (κ1) is 24.7. The van der Waals surface area contributed by atoms with Gasteiger partial charge in [-0.1, -0.05) is 0 Å². The third-order valence-electron chi connectivity index (χ3n) is 4.15. The second-order valence-electron chi connectivity index (χ2n) is 9.21. The summed E-state index contributed by atoms with van der Waals surface area (Å²) in [5.74, 6) is 1.61. The molecule has 0 saturated heterocycles. The molecule has 158 valence electrons. The fourth-order valence-electron chi connectivity index (χ4n) is 2.36. The monoisotopic (exact) mass is 640 g/mol. The van der Waals surface area contributed by atoms with Crippen LogP contribution in [0.3, 0.4) is 0 Å². The minimum atomic E-state index is -2.29. The molecular formula is C20H36N2O2S2Sn2. The maximum atomic E-state index is 6.16. The molecule has 2 aromatic rings. The standard InChI is InChI=1S/C14H18N2O2S2.6CH3.2Sn/c1-3-5-7-17-13-11(19-9-15-13)12-14(16-10-20-12)18-8-6-4-2;;;;;;;;/h3-8H2,1-2H3;6*1H3;;. The number of ether oxygens (including phenoxy) is 2. The van der Waals surface area contributed by atoms with Gasteiger partial charge in [0.05, 0.1) is 0 Å². The summed E-state index contributed by atoms with van der Waals surface area (Å²) in [5.41, 5.74) is 0. The Morgan fingerprint density at radius 1 is 0.679 bits per heavy atom. The van der Waals surface area contributed by atoms with Gasteiger partial charge in [0.15, 0.2) is 0 Å². The average Bonchev–Trinajstić information content (AvgIpc) is 3.18. The van der Waals surface area contributed by atoms with Crippen LogP contribution in [0.4, 0.5) is 0 Å². The van der Waals surface area contributed by atoms with Crippen molar-refractivity contribution in [1.82, 2.24) is 9.97 Å². The predicted molar refractivity (Wildman–Crippen MR) is 130 cm³/mol. The van der Waals surface area contributed by atoms with Crippen LogP contribution in [-0.4, -0.2) is 59.9 Å². The van der Waals surface area contributed by atoms with Gasteiger partial charge < -0.3 is 0 Å². The molecule has 0 aliphatic heterocycles. The van der Waals surface area contributed by atoms with Crippen molar-refractivity contribution in [2.45, 2.75) is 69.2 Å². The molecule has 0 N–H and O–H groups in total. The molecule has 4 nitrogen and oxygen atoms in total. The van der Waals surface area contributed by atoms with E-state index in [1.54, 1.807) is 0 Å². The summed E-state index contributed by atoms with van der Waals surface area (Å²) >= 11 is -0.933. The summed E-state index contributed by atoms with van der Waals surface area (Å²) in [6, 6.07) is 0. The van der Waals surface area contributed by atoms with Gasteiger partial charge in [-0.3, -0.25) is 0 Å². The molecular weight excluding hydrogens is 602 g/mol. The van der Waals surface area contributed by atoms with E-state index in [0.717, 1.165) is 60.4 Å². The van der Waals surface area contributed by atoms with Gasteiger partial charge in [0.25, 0.3) is 0 Å². The number of hydrogen-bond donors (Lipinski definition) is 0. The summed E-state index contributed by atoms with van der Waals surface area (Å²) in [7, 11) is 0. The quantitative estimate of drug-likeness (QED) is 0.234. The first-order valence-electron chi connectivity index (χ1n) is 10.4. The van der Waals surface area contributed by atoms with Gasteiger partial charge in [0.2, 0.25) is 0 Å². The van der Waals surface area contributed by atoms with Crippen molar-refractivity contribution in [2.24, 2.45) is 0 Å². The zero-order valence-electron chi connectivity index (χ0n) is 18.8. The fourth-order valence-corrected chi connectivity index (χ4v) is 14.1. The fraction of sp³-hybridized carbons (Fsp3) is 0.700. The first-order chi connectivity index (χ1) is 13.1. The van der Waals surface area contributed by atoms with Gasteiger partial charge >= 0.3 is 189 Å². The van der Waals surface area contributed by atoms with Crippen LogP contribution in [-0.2, 0) is 0 Å². The van der Waals surface area contributed by atoms with Crippen LogP contribution in [0.5, 0.6) is 11.8 Å². The van der Waals surface area contributed by atoms with Gasteiger partial charge in [-0.2, -0.15) is 0 Å². The summed E-state index contributed by atoms with van der Waals surface area (Å²) in [5, 5.41) is 0. The molecule has 0 fully saturated rings. The zero-order valence-corrected chi connectivity index (χ0v) is 26.1. The second-order valence-corrected chi connectivity index (χ2v) is 41.7. The summed E-state index contributed by atoms with van der Waals surface area (Å²) < 4.78 is 14.9. The van der Waals surface area contributed by atoms with Crippen LogP contribution in [0.2, 0.25) is 29.6 Å². The van der Waals surface area contributed by atoms with E-state index < -0.39 is 36.8 Å². The van der Waals surface area contributed by atoms with Gasteiger partial charge in [-0.15, -0.1) is 0 Å². The molecule has 2 rings (SSSR count). The van der Waals surface area contributed by atoms with Crippen LogP contribution in [0.25, 0.3) is 9.75 Å². The maximum absolute atomic E-state index is 6.16. The van der Waals surface area contributed by atoms with Gasteiger partial charge in [-0.05, 0) is 0 Å². The van der Waals surface area contributed by atoms with Crippen molar-refractivity contribution in [1.29, 1.82) is 0 Å². The molecule has 2 heterocycles. The number of thiazole rings is 2. The third kappa shape index (κ3) is 6.73. The van der Waals surface area contributed by atoms with Crippen molar-refractivity contribution in [3.05, 3.63) is 0 Å². The van der Waals surface area contributed by atoms with E-state index in [0.29, 0.717) is 0 Å². The van der Waals surface area contributed by atoms with Crippen LogP contribution >= 0.6 is 22.7 Å². The van der Waals surface area contributed by atoms with Crippen LogP contribution < -0.4 is 15.5 Å². The first-order valence-corrected chi connectivity index (χ1v) is 32.0. The number of hydrogen-bond acceptors (Lipinski definition) is 6. The van der Waals surface area contributed by atoms with Crippen molar-refractivity contribution >= 4 is 65.5 Å². The van der Waals surface area contributed by atoms with E-state index in [1.807, 2.05) is 22.7 Å². The van der Waals surface area contributed by atoms with Gasteiger partial charge in [-0.25, -0.2) is 0 Å². The van der Waals surface area contributed by atoms with Crippen molar-refractivity contribution in [2.75, 3.05) is 13.2 Å². The van der Waals surface area contributed by atoms with Crippen molar-refractivity contribution < 1.29 is 9.47 Å². The third-order valence-corrected chi connectivity index (χ3v) is 23.9. The molecule has 0 aliphatic carbocycles. The van der Waals surface area contributed by atoms with E-state index >= 15 is 0 Å². The molecule has 0 amide bonds. The van der Waals surface area contributed by atoms with E-state index in [1.165, 1.54) is 6.05 Å².